The van der Waals surface area contributed by atoms with Crippen molar-refractivity contribution in [3.63, 3.8) is 0 Å². The third-order valence-corrected chi connectivity index (χ3v) is 4.81. The van der Waals surface area contributed by atoms with Crippen LogP contribution in [0.1, 0.15) is 36.6 Å². The molecule has 0 atom stereocenters. The van der Waals surface area contributed by atoms with Gasteiger partial charge >= 0.3 is 6.18 Å². The van der Waals surface area contributed by atoms with E-state index in [1.807, 2.05) is 11.7 Å². The largest absolute Gasteiger partial charge is 0.468 e. The summed E-state index contributed by atoms with van der Waals surface area (Å²) in [6, 6.07) is 3.27. The normalized spacial score (nSPS) is 15.1. The minimum atomic E-state index is -4.39. The van der Waals surface area contributed by atoms with Crippen LogP contribution in [0.25, 0.3) is 0 Å². The predicted octanol–water partition coefficient (Wildman–Crippen LogP) is 3.01. The van der Waals surface area contributed by atoms with Crippen molar-refractivity contribution in [2.45, 2.75) is 39.0 Å². The highest BCUT2D eigenvalue weighted by atomic mass is 19.4. The maximum atomic E-state index is 12.3. The molecule has 0 amide bonds. The van der Waals surface area contributed by atoms with Gasteiger partial charge in [-0.05, 0) is 17.5 Å². The highest BCUT2D eigenvalue weighted by Crippen LogP contribution is 2.29. The number of morpholine rings is 1. The molecule has 1 saturated heterocycles. The smallest absolute Gasteiger partial charge is 0.422 e. The molecule has 30 heavy (non-hydrogen) atoms. The molecule has 2 aromatic heterocycles. The van der Waals surface area contributed by atoms with Crippen LogP contribution >= 0.6 is 0 Å². The van der Waals surface area contributed by atoms with E-state index in [2.05, 4.69) is 29.0 Å². The van der Waals surface area contributed by atoms with E-state index in [9.17, 15) is 13.2 Å². The first-order valence-corrected chi connectivity index (χ1v) is 9.98. The van der Waals surface area contributed by atoms with E-state index >= 15 is 0 Å². The monoisotopic (exact) mass is 427 g/mol. The molecule has 1 fully saturated rings. The van der Waals surface area contributed by atoms with E-state index in [1.165, 1.54) is 12.3 Å². The summed E-state index contributed by atoms with van der Waals surface area (Å²) in [4.78, 5) is 6.13. The molecule has 3 heterocycles. The lowest BCUT2D eigenvalue weighted by atomic mass is 10.0. The lowest BCUT2D eigenvalue weighted by molar-refractivity contribution is -0.154. The minimum absolute atomic E-state index is 0.0372. The van der Waals surface area contributed by atoms with Crippen LogP contribution in [0.4, 0.5) is 19.0 Å². The average molecular weight is 427 g/mol. The number of aryl methyl sites for hydroxylation is 1. The number of alkyl halides is 3. The van der Waals surface area contributed by atoms with E-state index < -0.39 is 12.8 Å². The second-order valence-corrected chi connectivity index (χ2v) is 7.57. The Bertz CT molecular complexity index is 832. The predicted molar refractivity (Wildman–Crippen MR) is 107 cm³/mol. The average Bonchev–Trinajstić information content (AvgIpc) is 3.03. The van der Waals surface area contributed by atoms with Gasteiger partial charge in [-0.3, -0.25) is 4.68 Å². The Balaban J connectivity index is 1.68. The SMILES string of the molecule is CC(C)c1nn(C)c(N2CCOCC2)c1CNCc1ccnc(OCC(F)(F)F)c1. The summed E-state index contributed by atoms with van der Waals surface area (Å²) in [6.45, 7) is 6.94. The van der Waals surface area contributed by atoms with Crippen molar-refractivity contribution in [1.82, 2.24) is 20.1 Å². The standard InChI is InChI=1S/C20H28F3N5O2/c1-14(2)18-16(19(27(3)26-18)28-6-8-29-9-7-28)12-24-11-15-4-5-25-17(10-15)30-13-20(21,22)23/h4-5,10,14,24H,6-9,11-13H2,1-3H3. The molecule has 1 aliphatic heterocycles. The minimum Gasteiger partial charge on any atom is -0.468 e. The quantitative estimate of drug-likeness (QED) is 0.699. The summed E-state index contributed by atoms with van der Waals surface area (Å²) >= 11 is 0. The summed E-state index contributed by atoms with van der Waals surface area (Å²) in [7, 11) is 1.95. The van der Waals surface area contributed by atoms with Crippen LogP contribution in [0.5, 0.6) is 5.88 Å². The van der Waals surface area contributed by atoms with Crippen molar-refractivity contribution in [2.24, 2.45) is 7.05 Å². The lowest BCUT2D eigenvalue weighted by Gasteiger charge is -2.29. The fourth-order valence-corrected chi connectivity index (χ4v) is 3.51. The van der Waals surface area contributed by atoms with Crippen molar-refractivity contribution in [3.8, 4) is 5.88 Å². The van der Waals surface area contributed by atoms with Crippen LogP contribution in [0.15, 0.2) is 18.3 Å². The number of hydrogen-bond acceptors (Lipinski definition) is 6. The molecule has 0 saturated carbocycles. The Morgan fingerprint density at radius 3 is 2.63 bits per heavy atom. The molecule has 3 rings (SSSR count). The van der Waals surface area contributed by atoms with Crippen molar-refractivity contribution in [1.29, 1.82) is 0 Å². The van der Waals surface area contributed by atoms with Crippen molar-refractivity contribution in [3.05, 3.63) is 35.2 Å². The van der Waals surface area contributed by atoms with E-state index in [4.69, 9.17) is 14.6 Å². The zero-order valence-electron chi connectivity index (χ0n) is 17.5. The molecular weight excluding hydrogens is 399 g/mol. The maximum Gasteiger partial charge on any atom is 0.422 e. The van der Waals surface area contributed by atoms with Crippen molar-refractivity contribution in [2.75, 3.05) is 37.8 Å². The summed E-state index contributed by atoms with van der Waals surface area (Å²) < 4.78 is 49.2. The lowest BCUT2D eigenvalue weighted by Crippen LogP contribution is -2.38. The van der Waals surface area contributed by atoms with Crippen molar-refractivity contribution < 1.29 is 22.6 Å². The van der Waals surface area contributed by atoms with Gasteiger partial charge < -0.3 is 19.7 Å². The highest BCUT2D eigenvalue weighted by Gasteiger charge is 2.28. The molecule has 166 valence electrons. The van der Waals surface area contributed by atoms with Crippen LogP contribution in [0.2, 0.25) is 0 Å². The molecule has 10 heteroatoms. The number of nitrogens with zero attached hydrogens (tertiary/aromatic N) is 4. The van der Waals surface area contributed by atoms with Gasteiger partial charge in [0.25, 0.3) is 0 Å². The fourth-order valence-electron chi connectivity index (χ4n) is 3.51. The summed E-state index contributed by atoms with van der Waals surface area (Å²) in [6.07, 6.45) is -2.94. The zero-order chi connectivity index (χ0) is 21.7. The first-order chi connectivity index (χ1) is 14.2. The first kappa shape index (κ1) is 22.4. The highest BCUT2D eigenvalue weighted by molar-refractivity contribution is 5.51. The van der Waals surface area contributed by atoms with Gasteiger partial charge in [0.2, 0.25) is 5.88 Å². The number of hydrogen-bond donors (Lipinski definition) is 1. The van der Waals surface area contributed by atoms with Crippen LogP contribution < -0.4 is 15.0 Å². The Morgan fingerprint density at radius 2 is 1.97 bits per heavy atom. The van der Waals surface area contributed by atoms with Gasteiger partial charge in [0.1, 0.15) is 5.82 Å². The number of anilines is 1. The molecule has 0 radical (unpaired) electrons. The van der Waals surface area contributed by atoms with Crippen LogP contribution in [0.3, 0.4) is 0 Å². The van der Waals surface area contributed by atoms with Gasteiger partial charge in [-0.2, -0.15) is 18.3 Å². The van der Waals surface area contributed by atoms with Crippen LogP contribution in [-0.4, -0.2) is 53.9 Å². The van der Waals surface area contributed by atoms with Crippen molar-refractivity contribution >= 4 is 5.82 Å². The Kier molecular flexibility index (Phi) is 7.19. The molecule has 1 aliphatic rings. The third-order valence-electron chi connectivity index (χ3n) is 4.81. The summed E-state index contributed by atoms with van der Waals surface area (Å²) in [5.41, 5.74) is 2.97. The third kappa shape index (κ3) is 5.85. The molecule has 2 aromatic rings. The van der Waals surface area contributed by atoms with Gasteiger partial charge in [0, 0.05) is 51.1 Å². The summed E-state index contributed by atoms with van der Waals surface area (Å²) in [5.74, 6) is 1.31. The second kappa shape index (κ2) is 9.65. The van der Waals surface area contributed by atoms with E-state index in [0.717, 1.165) is 35.7 Å². The zero-order valence-corrected chi connectivity index (χ0v) is 17.5. The van der Waals surface area contributed by atoms with Gasteiger partial charge in [-0.25, -0.2) is 4.98 Å². The molecule has 1 N–H and O–H groups in total. The number of aromatic nitrogens is 3. The van der Waals surface area contributed by atoms with Crippen LogP contribution in [0, 0.1) is 0 Å². The molecule has 0 unspecified atom stereocenters. The van der Waals surface area contributed by atoms with E-state index in [0.29, 0.717) is 26.3 Å². The van der Waals surface area contributed by atoms with Crippen LogP contribution in [-0.2, 0) is 24.9 Å². The number of pyridine rings is 1. The number of halogens is 3. The molecule has 0 aromatic carbocycles. The second-order valence-electron chi connectivity index (χ2n) is 7.57. The van der Waals surface area contributed by atoms with Gasteiger partial charge in [0.15, 0.2) is 6.61 Å². The Morgan fingerprint density at radius 1 is 1.23 bits per heavy atom. The molecule has 0 spiro atoms. The number of ether oxygens (including phenoxy) is 2. The van der Waals surface area contributed by atoms with Gasteiger partial charge in [0.05, 0.1) is 18.9 Å². The molecule has 0 bridgehead atoms. The molecular formula is C20H28F3N5O2. The number of rotatable bonds is 8. The first-order valence-electron chi connectivity index (χ1n) is 9.98. The molecule has 0 aliphatic carbocycles. The fraction of sp³-hybridized carbons (Fsp3) is 0.600. The van der Waals surface area contributed by atoms with Gasteiger partial charge in [-0.1, -0.05) is 13.8 Å². The van der Waals surface area contributed by atoms with E-state index in [-0.39, 0.29) is 11.8 Å². The number of nitrogens with one attached hydrogen (secondary N) is 1. The Labute approximate surface area is 174 Å². The maximum absolute atomic E-state index is 12.3. The molecule has 7 nitrogen and oxygen atoms in total. The topological polar surface area (TPSA) is 64.4 Å². The van der Waals surface area contributed by atoms with E-state index in [1.54, 1.807) is 6.07 Å². The van der Waals surface area contributed by atoms with Gasteiger partial charge in [-0.15, -0.1) is 0 Å². The summed E-state index contributed by atoms with van der Waals surface area (Å²) in [5, 5.41) is 8.12. The Hall–Kier alpha value is -2.33.